The molecule has 0 spiro atoms. The second-order valence-corrected chi connectivity index (χ2v) is 5.61. The van der Waals surface area contributed by atoms with Gasteiger partial charge in [0.15, 0.2) is 0 Å². The van der Waals surface area contributed by atoms with Crippen molar-refractivity contribution in [2.24, 2.45) is 5.92 Å². The van der Waals surface area contributed by atoms with E-state index in [1.165, 1.54) is 6.07 Å². The standard InChI is InChI=1S/C16H22F2N2O2/c1-5-10(4)19-16(22)14(9(2)3)20-15(21)13-11(17)7-6-8-12(13)18/h6-10,14H,5H2,1-4H3,(H,19,22)(H,20,21). The van der Waals surface area contributed by atoms with Crippen LogP contribution in [0.5, 0.6) is 0 Å². The van der Waals surface area contributed by atoms with Crippen LogP contribution in [0.25, 0.3) is 0 Å². The molecular formula is C16H22F2N2O2. The Hall–Kier alpha value is -1.98. The Morgan fingerprint density at radius 3 is 2.09 bits per heavy atom. The Morgan fingerprint density at radius 2 is 1.64 bits per heavy atom. The molecule has 0 saturated heterocycles. The molecule has 0 radical (unpaired) electrons. The number of halogens is 2. The van der Waals surface area contributed by atoms with Gasteiger partial charge < -0.3 is 10.6 Å². The largest absolute Gasteiger partial charge is 0.352 e. The molecule has 22 heavy (non-hydrogen) atoms. The summed E-state index contributed by atoms with van der Waals surface area (Å²) in [7, 11) is 0. The van der Waals surface area contributed by atoms with Crippen LogP contribution in [0.1, 0.15) is 44.5 Å². The van der Waals surface area contributed by atoms with Gasteiger partial charge in [0.1, 0.15) is 23.2 Å². The number of hydrogen-bond donors (Lipinski definition) is 2. The minimum absolute atomic E-state index is 0.0455. The first-order chi connectivity index (χ1) is 10.3. The summed E-state index contributed by atoms with van der Waals surface area (Å²) in [5.41, 5.74) is -0.676. The molecule has 122 valence electrons. The molecule has 6 heteroatoms. The van der Waals surface area contributed by atoms with E-state index in [1.54, 1.807) is 13.8 Å². The average molecular weight is 312 g/mol. The summed E-state index contributed by atoms with van der Waals surface area (Å²) >= 11 is 0. The molecule has 1 aromatic carbocycles. The quantitative estimate of drug-likeness (QED) is 0.848. The second kappa shape index (κ2) is 7.87. The average Bonchev–Trinajstić information content (AvgIpc) is 2.43. The third-order valence-electron chi connectivity index (χ3n) is 3.43. The summed E-state index contributed by atoms with van der Waals surface area (Å²) in [6, 6.07) is 2.27. The van der Waals surface area contributed by atoms with E-state index in [0.717, 1.165) is 18.6 Å². The van der Waals surface area contributed by atoms with Gasteiger partial charge in [-0.15, -0.1) is 0 Å². The van der Waals surface area contributed by atoms with Crippen molar-refractivity contribution >= 4 is 11.8 Å². The first kappa shape index (κ1) is 18.1. The molecule has 0 aliphatic heterocycles. The highest BCUT2D eigenvalue weighted by molar-refractivity contribution is 5.98. The van der Waals surface area contributed by atoms with Crippen LogP contribution in [0.4, 0.5) is 8.78 Å². The topological polar surface area (TPSA) is 58.2 Å². The number of rotatable bonds is 6. The van der Waals surface area contributed by atoms with E-state index in [2.05, 4.69) is 10.6 Å². The minimum Gasteiger partial charge on any atom is -0.352 e. The number of amides is 2. The van der Waals surface area contributed by atoms with Gasteiger partial charge in [-0.05, 0) is 31.4 Å². The van der Waals surface area contributed by atoms with Crippen molar-refractivity contribution in [3.05, 3.63) is 35.4 Å². The van der Waals surface area contributed by atoms with Crippen molar-refractivity contribution in [2.75, 3.05) is 0 Å². The highest BCUT2D eigenvalue weighted by atomic mass is 19.1. The van der Waals surface area contributed by atoms with Crippen LogP contribution >= 0.6 is 0 Å². The molecule has 4 nitrogen and oxygen atoms in total. The van der Waals surface area contributed by atoms with Gasteiger partial charge in [0.25, 0.3) is 5.91 Å². The predicted molar refractivity (Wildman–Crippen MR) is 80.3 cm³/mol. The molecule has 0 aromatic heterocycles. The molecule has 0 fully saturated rings. The van der Waals surface area contributed by atoms with Crippen LogP contribution in [0.3, 0.4) is 0 Å². The van der Waals surface area contributed by atoms with Gasteiger partial charge in [0.2, 0.25) is 5.91 Å². The molecule has 1 rings (SSSR count). The highest BCUT2D eigenvalue weighted by Crippen LogP contribution is 2.13. The first-order valence-corrected chi connectivity index (χ1v) is 7.33. The first-order valence-electron chi connectivity index (χ1n) is 7.33. The van der Waals surface area contributed by atoms with Gasteiger partial charge in [0, 0.05) is 6.04 Å². The van der Waals surface area contributed by atoms with E-state index in [-0.39, 0.29) is 17.9 Å². The Morgan fingerprint density at radius 1 is 1.09 bits per heavy atom. The number of carbonyl (C=O) groups is 2. The molecule has 1 aromatic rings. The Bertz CT molecular complexity index is 527. The van der Waals surface area contributed by atoms with Crippen LogP contribution in [0.15, 0.2) is 18.2 Å². The SMILES string of the molecule is CCC(C)NC(=O)C(NC(=O)c1c(F)cccc1F)C(C)C. The van der Waals surface area contributed by atoms with Gasteiger partial charge in [-0.2, -0.15) is 0 Å². The lowest BCUT2D eigenvalue weighted by atomic mass is 10.0. The summed E-state index contributed by atoms with van der Waals surface area (Å²) in [6.07, 6.45) is 0.743. The maximum atomic E-state index is 13.6. The molecule has 0 saturated carbocycles. The summed E-state index contributed by atoms with van der Waals surface area (Å²) in [6.45, 7) is 7.26. The summed E-state index contributed by atoms with van der Waals surface area (Å²) in [5.74, 6) is -3.43. The molecule has 2 unspecified atom stereocenters. The zero-order valence-electron chi connectivity index (χ0n) is 13.2. The van der Waals surface area contributed by atoms with Crippen LogP contribution < -0.4 is 10.6 Å². The second-order valence-electron chi connectivity index (χ2n) is 5.61. The fourth-order valence-electron chi connectivity index (χ4n) is 1.90. The fraction of sp³-hybridized carbons (Fsp3) is 0.500. The summed E-state index contributed by atoms with van der Waals surface area (Å²) in [5, 5.41) is 5.17. The maximum absolute atomic E-state index is 13.6. The molecule has 0 heterocycles. The van der Waals surface area contributed by atoms with Crippen LogP contribution in [0.2, 0.25) is 0 Å². The molecule has 2 amide bonds. The van der Waals surface area contributed by atoms with Crippen molar-refractivity contribution in [1.82, 2.24) is 10.6 Å². The Kier molecular flexibility index (Phi) is 6.46. The molecule has 0 aliphatic rings. The van der Waals surface area contributed by atoms with Gasteiger partial charge in [-0.1, -0.05) is 26.8 Å². The van der Waals surface area contributed by atoms with Gasteiger partial charge >= 0.3 is 0 Å². The maximum Gasteiger partial charge on any atom is 0.257 e. The zero-order valence-corrected chi connectivity index (χ0v) is 13.2. The smallest absolute Gasteiger partial charge is 0.257 e. The highest BCUT2D eigenvalue weighted by Gasteiger charge is 2.27. The van der Waals surface area contributed by atoms with Gasteiger partial charge in [-0.3, -0.25) is 9.59 Å². The van der Waals surface area contributed by atoms with Crippen LogP contribution in [-0.2, 0) is 4.79 Å². The predicted octanol–water partition coefficient (Wildman–Crippen LogP) is 2.63. The van der Waals surface area contributed by atoms with E-state index >= 15 is 0 Å². The lowest BCUT2D eigenvalue weighted by molar-refractivity contribution is -0.124. The van der Waals surface area contributed by atoms with E-state index in [1.807, 2.05) is 13.8 Å². The van der Waals surface area contributed by atoms with E-state index < -0.39 is 29.1 Å². The lowest BCUT2D eigenvalue weighted by Crippen LogP contribution is -2.51. The number of benzene rings is 1. The lowest BCUT2D eigenvalue weighted by Gasteiger charge is -2.23. The van der Waals surface area contributed by atoms with Crippen LogP contribution in [-0.4, -0.2) is 23.9 Å². The third-order valence-corrected chi connectivity index (χ3v) is 3.43. The number of nitrogens with one attached hydrogen (secondary N) is 2. The Labute approximate surface area is 129 Å². The number of carbonyl (C=O) groups excluding carboxylic acids is 2. The van der Waals surface area contributed by atoms with E-state index in [4.69, 9.17) is 0 Å². The monoisotopic (exact) mass is 312 g/mol. The van der Waals surface area contributed by atoms with Crippen molar-refractivity contribution < 1.29 is 18.4 Å². The van der Waals surface area contributed by atoms with Crippen molar-refractivity contribution in [2.45, 2.75) is 46.2 Å². The van der Waals surface area contributed by atoms with E-state index in [9.17, 15) is 18.4 Å². The summed E-state index contributed by atoms with van der Waals surface area (Å²) < 4.78 is 27.2. The van der Waals surface area contributed by atoms with Crippen LogP contribution in [0, 0.1) is 17.6 Å². The zero-order chi connectivity index (χ0) is 16.9. The van der Waals surface area contributed by atoms with Gasteiger partial charge in [0.05, 0.1) is 0 Å². The Balaban J connectivity index is 2.92. The van der Waals surface area contributed by atoms with Crippen molar-refractivity contribution in [3.63, 3.8) is 0 Å². The molecular weight excluding hydrogens is 290 g/mol. The molecule has 0 aliphatic carbocycles. The molecule has 2 N–H and O–H groups in total. The normalized spacial score (nSPS) is 13.6. The fourth-order valence-corrected chi connectivity index (χ4v) is 1.90. The van der Waals surface area contributed by atoms with Crippen molar-refractivity contribution in [3.8, 4) is 0 Å². The number of hydrogen-bond acceptors (Lipinski definition) is 2. The minimum atomic E-state index is -0.956. The molecule has 2 atom stereocenters. The van der Waals surface area contributed by atoms with Crippen molar-refractivity contribution in [1.29, 1.82) is 0 Å². The van der Waals surface area contributed by atoms with E-state index in [0.29, 0.717) is 0 Å². The molecule has 0 bridgehead atoms. The van der Waals surface area contributed by atoms with Gasteiger partial charge in [-0.25, -0.2) is 8.78 Å². The third kappa shape index (κ3) is 4.51. The summed E-state index contributed by atoms with van der Waals surface area (Å²) in [4.78, 5) is 24.3.